The van der Waals surface area contributed by atoms with E-state index in [0.717, 1.165) is 19.1 Å². The van der Waals surface area contributed by atoms with Gasteiger partial charge in [0.1, 0.15) is 6.04 Å². The second-order valence-corrected chi connectivity index (χ2v) is 8.14. The van der Waals surface area contributed by atoms with Crippen LogP contribution in [-0.2, 0) is 14.8 Å². The minimum absolute atomic E-state index is 0.133. The maximum atomic E-state index is 12.9. The van der Waals surface area contributed by atoms with Gasteiger partial charge in [0, 0.05) is 20.1 Å². The van der Waals surface area contributed by atoms with E-state index in [1.807, 2.05) is 18.2 Å². The quantitative estimate of drug-likeness (QED) is 0.850. The summed E-state index contributed by atoms with van der Waals surface area (Å²) in [4.78, 5) is 14.7. The Labute approximate surface area is 133 Å². The number of benzene rings is 1. The molecule has 0 aliphatic carbocycles. The first-order chi connectivity index (χ1) is 10.3. The number of sulfonamides is 1. The monoisotopic (exact) mass is 324 g/mol. The zero-order chi connectivity index (χ0) is 16.3. The first kappa shape index (κ1) is 17.0. The Morgan fingerprint density at radius 2 is 1.77 bits per heavy atom. The fourth-order valence-electron chi connectivity index (χ4n) is 2.74. The molecule has 1 fully saturated rings. The van der Waals surface area contributed by atoms with Crippen LogP contribution in [0.3, 0.4) is 0 Å². The van der Waals surface area contributed by atoms with Gasteiger partial charge in [-0.1, -0.05) is 37.3 Å². The zero-order valence-corrected chi connectivity index (χ0v) is 14.2. The average Bonchev–Trinajstić information content (AvgIpc) is 2.48. The maximum absolute atomic E-state index is 12.9. The lowest BCUT2D eigenvalue weighted by molar-refractivity contribution is -0.136. The molecule has 1 heterocycles. The topological polar surface area (TPSA) is 57.7 Å². The minimum Gasteiger partial charge on any atom is -0.341 e. The number of likely N-dealkylation sites (tertiary alicyclic amines) is 1. The van der Waals surface area contributed by atoms with Crippen LogP contribution < -0.4 is 0 Å². The Hall–Kier alpha value is -1.40. The summed E-state index contributed by atoms with van der Waals surface area (Å²) in [5, 5.41) is 0. The fraction of sp³-hybridized carbons (Fsp3) is 0.562. The Balaban J connectivity index is 2.30. The summed E-state index contributed by atoms with van der Waals surface area (Å²) in [7, 11) is -1.99. The molecule has 0 spiro atoms. The molecule has 2 rings (SSSR count). The van der Waals surface area contributed by atoms with E-state index in [1.165, 1.54) is 11.4 Å². The Morgan fingerprint density at radius 1 is 1.23 bits per heavy atom. The van der Waals surface area contributed by atoms with Gasteiger partial charge in [0.05, 0.1) is 6.26 Å². The Bertz CT molecular complexity index is 608. The molecule has 1 atom stereocenters. The van der Waals surface area contributed by atoms with E-state index in [9.17, 15) is 13.2 Å². The summed E-state index contributed by atoms with van der Waals surface area (Å²) >= 11 is 0. The van der Waals surface area contributed by atoms with Crippen molar-refractivity contribution in [2.75, 3.05) is 26.4 Å². The van der Waals surface area contributed by atoms with Crippen molar-refractivity contribution in [3.8, 4) is 0 Å². The van der Waals surface area contributed by atoms with E-state index in [2.05, 4.69) is 6.92 Å². The van der Waals surface area contributed by atoms with Gasteiger partial charge < -0.3 is 4.90 Å². The molecular formula is C16H24N2O3S. The Morgan fingerprint density at radius 3 is 2.27 bits per heavy atom. The summed E-state index contributed by atoms with van der Waals surface area (Å²) in [6, 6.07) is 8.32. The zero-order valence-electron chi connectivity index (χ0n) is 13.4. The number of hydrogen-bond donors (Lipinski definition) is 0. The molecule has 5 nitrogen and oxygen atoms in total. The molecule has 0 N–H and O–H groups in total. The molecule has 6 heteroatoms. The fourth-order valence-corrected chi connectivity index (χ4v) is 3.33. The minimum atomic E-state index is -3.46. The standard InChI is InChI=1S/C16H24N2O3S/c1-13-9-11-18(12-10-13)16(19)15(17(2)22(3,20)21)14-7-5-4-6-8-14/h4-8,13,15H,9-12H2,1-3H3. The van der Waals surface area contributed by atoms with E-state index >= 15 is 0 Å². The molecule has 22 heavy (non-hydrogen) atoms. The molecule has 0 bridgehead atoms. The highest BCUT2D eigenvalue weighted by Crippen LogP contribution is 2.26. The highest BCUT2D eigenvalue weighted by atomic mass is 32.2. The molecule has 1 unspecified atom stereocenters. The van der Waals surface area contributed by atoms with Crippen LogP contribution in [0.4, 0.5) is 0 Å². The van der Waals surface area contributed by atoms with Crippen LogP contribution in [0.15, 0.2) is 30.3 Å². The maximum Gasteiger partial charge on any atom is 0.245 e. The lowest BCUT2D eigenvalue weighted by atomic mass is 9.97. The van der Waals surface area contributed by atoms with Crippen molar-refractivity contribution in [2.45, 2.75) is 25.8 Å². The van der Waals surface area contributed by atoms with Gasteiger partial charge >= 0.3 is 0 Å². The van der Waals surface area contributed by atoms with Crippen molar-refractivity contribution < 1.29 is 13.2 Å². The molecule has 1 aromatic carbocycles. The number of piperidine rings is 1. The summed E-state index contributed by atoms with van der Waals surface area (Å²) < 4.78 is 25.1. The van der Waals surface area contributed by atoms with Gasteiger partial charge in [-0.25, -0.2) is 8.42 Å². The SMILES string of the molecule is CC1CCN(C(=O)C(c2ccccc2)N(C)S(C)(=O)=O)CC1. The van der Waals surface area contributed by atoms with Crippen LogP contribution in [0, 0.1) is 5.92 Å². The number of nitrogens with zero attached hydrogens (tertiary/aromatic N) is 2. The summed E-state index contributed by atoms with van der Waals surface area (Å²) in [6.45, 7) is 3.57. The van der Waals surface area contributed by atoms with Crippen molar-refractivity contribution >= 4 is 15.9 Å². The molecule has 1 saturated heterocycles. The van der Waals surface area contributed by atoms with Crippen LogP contribution in [0.25, 0.3) is 0 Å². The number of rotatable bonds is 4. The average molecular weight is 324 g/mol. The third kappa shape index (κ3) is 3.87. The van der Waals surface area contributed by atoms with Gasteiger partial charge in [0.15, 0.2) is 0 Å². The van der Waals surface area contributed by atoms with Crippen LogP contribution in [-0.4, -0.2) is 49.9 Å². The molecule has 1 amide bonds. The predicted molar refractivity (Wildman–Crippen MR) is 86.8 cm³/mol. The van der Waals surface area contributed by atoms with Gasteiger partial charge in [-0.05, 0) is 24.3 Å². The van der Waals surface area contributed by atoms with Gasteiger partial charge in [-0.15, -0.1) is 0 Å². The second kappa shape index (κ2) is 6.79. The van der Waals surface area contributed by atoms with Crippen LogP contribution in [0.5, 0.6) is 0 Å². The summed E-state index contributed by atoms with van der Waals surface area (Å²) in [6.07, 6.45) is 3.07. The highest BCUT2D eigenvalue weighted by molar-refractivity contribution is 7.88. The van der Waals surface area contributed by atoms with E-state index in [-0.39, 0.29) is 5.91 Å². The van der Waals surface area contributed by atoms with Crippen LogP contribution in [0.2, 0.25) is 0 Å². The van der Waals surface area contributed by atoms with Gasteiger partial charge in [-0.3, -0.25) is 4.79 Å². The third-order valence-electron chi connectivity index (χ3n) is 4.33. The smallest absolute Gasteiger partial charge is 0.245 e. The van der Waals surface area contributed by atoms with Gasteiger partial charge in [-0.2, -0.15) is 4.31 Å². The largest absolute Gasteiger partial charge is 0.341 e. The van der Waals surface area contributed by atoms with Crippen LogP contribution >= 0.6 is 0 Å². The lowest BCUT2D eigenvalue weighted by Crippen LogP contribution is -2.46. The molecular weight excluding hydrogens is 300 g/mol. The van der Waals surface area contributed by atoms with E-state index in [0.29, 0.717) is 24.6 Å². The Kier molecular flexibility index (Phi) is 5.24. The molecule has 0 aromatic heterocycles. The van der Waals surface area contributed by atoms with Crippen molar-refractivity contribution in [1.29, 1.82) is 0 Å². The second-order valence-electron chi connectivity index (χ2n) is 6.10. The van der Waals surface area contributed by atoms with Gasteiger partial charge in [0.2, 0.25) is 15.9 Å². The van der Waals surface area contributed by atoms with Gasteiger partial charge in [0.25, 0.3) is 0 Å². The molecule has 1 aromatic rings. The van der Waals surface area contributed by atoms with E-state index < -0.39 is 16.1 Å². The first-order valence-corrected chi connectivity index (χ1v) is 9.42. The number of amides is 1. The molecule has 1 aliphatic heterocycles. The van der Waals surface area contributed by atoms with Crippen molar-refractivity contribution in [3.63, 3.8) is 0 Å². The van der Waals surface area contributed by atoms with Crippen molar-refractivity contribution in [2.24, 2.45) is 5.92 Å². The number of carbonyl (C=O) groups excluding carboxylic acids is 1. The predicted octanol–water partition coefficient (Wildman–Crippen LogP) is 1.88. The summed E-state index contributed by atoms with van der Waals surface area (Å²) in [5.41, 5.74) is 0.707. The summed E-state index contributed by atoms with van der Waals surface area (Å²) in [5.74, 6) is 0.484. The van der Waals surface area contributed by atoms with Crippen molar-refractivity contribution in [3.05, 3.63) is 35.9 Å². The van der Waals surface area contributed by atoms with Crippen LogP contribution in [0.1, 0.15) is 31.4 Å². The van der Waals surface area contributed by atoms with Crippen molar-refractivity contribution in [1.82, 2.24) is 9.21 Å². The lowest BCUT2D eigenvalue weighted by Gasteiger charge is -2.35. The van der Waals surface area contributed by atoms with E-state index in [4.69, 9.17) is 0 Å². The number of carbonyl (C=O) groups is 1. The number of hydrogen-bond acceptors (Lipinski definition) is 3. The molecule has 0 saturated carbocycles. The number of likely N-dealkylation sites (N-methyl/N-ethyl adjacent to an activating group) is 1. The molecule has 0 radical (unpaired) electrons. The normalized spacial score (nSPS) is 18.5. The van der Waals surface area contributed by atoms with E-state index in [1.54, 1.807) is 17.0 Å². The first-order valence-electron chi connectivity index (χ1n) is 7.57. The highest BCUT2D eigenvalue weighted by Gasteiger charge is 2.34. The molecule has 122 valence electrons. The molecule has 1 aliphatic rings. The third-order valence-corrected chi connectivity index (χ3v) is 5.59.